The minimum absolute atomic E-state index is 0.0369. The topological polar surface area (TPSA) is 55.2 Å². The van der Waals surface area contributed by atoms with Gasteiger partial charge in [0.2, 0.25) is 0 Å². The van der Waals surface area contributed by atoms with E-state index in [2.05, 4.69) is 5.32 Å². The number of thiophene rings is 1. The van der Waals surface area contributed by atoms with Crippen molar-refractivity contribution in [1.82, 2.24) is 0 Å². The van der Waals surface area contributed by atoms with Gasteiger partial charge in [0.15, 0.2) is 0 Å². The van der Waals surface area contributed by atoms with Crippen molar-refractivity contribution < 1.29 is 4.92 Å². The SMILES string of the molecule is O=[N+]([O-])c1cc(Cl)ccc1NCc1cc(Cl)cs1. The van der Waals surface area contributed by atoms with E-state index >= 15 is 0 Å². The Morgan fingerprint density at radius 3 is 2.67 bits per heavy atom. The Bertz CT molecular complexity index is 586. The standard InChI is InChI=1S/C11H8Cl2N2O2S/c12-7-1-2-10(11(4-7)15(16)17)14-5-9-3-8(13)6-18-9/h1-4,6,14H,5H2. The Balaban J connectivity index is 2.16. The second-order valence-corrected chi connectivity index (χ2v) is 5.37. The first-order chi connectivity index (χ1) is 8.56. The Morgan fingerprint density at radius 1 is 1.28 bits per heavy atom. The number of hydrogen-bond donors (Lipinski definition) is 1. The second-order valence-electron chi connectivity index (χ2n) is 3.50. The number of halogens is 2. The average Bonchev–Trinajstić information content (AvgIpc) is 2.73. The van der Waals surface area contributed by atoms with Crippen LogP contribution < -0.4 is 5.32 Å². The van der Waals surface area contributed by atoms with Gasteiger partial charge in [0, 0.05) is 27.9 Å². The maximum Gasteiger partial charge on any atom is 0.293 e. The van der Waals surface area contributed by atoms with E-state index in [0.717, 1.165) is 4.88 Å². The third-order valence-corrected chi connectivity index (χ3v) is 3.75. The lowest BCUT2D eigenvalue weighted by Crippen LogP contribution is -2.01. The van der Waals surface area contributed by atoms with Gasteiger partial charge in [0.25, 0.3) is 5.69 Å². The van der Waals surface area contributed by atoms with Gasteiger partial charge >= 0.3 is 0 Å². The van der Waals surface area contributed by atoms with E-state index in [0.29, 0.717) is 22.3 Å². The predicted octanol–water partition coefficient (Wildman–Crippen LogP) is 4.58. The normalized spacial score (nSPS) is 10.3. The highest BCUT2D eigenvalue weighted by atomic mass is 35.5. The number of nitro groups is 1. The zero-order valence-electron chi connectivity index (χ0n) is 9.02. The van der Waals surface area contributed by atoms with Crippen LogP contribution >= 0.6 is 34.5 Å². The molecule has 1 N–H and O–H groups in total. The Labute approximate surface area is 117 Å². The van der Waals surface area contributed by atoms with Crippen LogP contribution in [-0.4, -0.2) is 4.92 Å². The number of nitrogens with one attached hydrogen (secondary N) is 1. The maximum absolute atomic E-state index is 10.9. The maximum atomic E-state index is 10.9. The number of rotatable bonds is 4. The highest BCUT2D eigenvalue weighted by molar-refractivity contribution is 7.10. The van der Waals surface area contributed by atoms with Gasteiger partial charge in [0.1, 0.15) is 5.69 Å². The lowest BCUT2D eigenvalue weighted by Gasteiger charge is -2.05. The molecule has 0 spiro atoms. The van der Waals surface area contributed by atoms with Crippen molar-refractivity contribution in [2.24, 2.45) is 0 Å². The molecule has 4 nitrogen and oxygen atoms in total. The fourth-order valence-electron chi connectivity index (χ4n) is 1.43. The van der Waals surface area contributed by atoms with Gasteiger partial charge in [0.05, 0.1) is 9.95 Å². The smallest absolute Gasteiger partial charge is 0.293 e. The van der Waals surface area contributed by atoms with Crippen molar-refractivity contribution in [2.45, 2.75) is 6.54 Å². The quantitative estimate of drug-likeness (QED) is 0.664. The molecule has 7 heteroatoms. The van der Waals surface area contributed by atoms with Gasteiger partial charge in [-0.1, -0.05) is 23.2 Å². The zero-order valence-corrected chi connectivity index (χ0v) is 11.4. The minimum atomic E-state index is -0.463. The Hall–Kier alpha value is -1.30. The summed E-state index contributed by atoms with van der Waals surface area (Å²) in [5, 5.41) is 16.7. The number of anilines is 1. The van der Waals surface area contributed by atoms with Crippen LogP contribution in [0.15, 0.2) is 29.6 Å². The fourth-order valence-corrected chi connectivity index (χ4v) is 2.61. The van der Waals surface area contributed by atoms with Crippen LogP contribution in [0.3, 0.4) is 0 Å². The van der Waals surface area contributed by atoms with Crippen molar-refractivity contribution in [3.05, 3.63) is 54.7 Å². The molecular formula is C11H8Cl2N2O2S. The van der Waals surface area contributed by atoms with E-state index in [9.17, 15) is 10.1 Å². The molecule has 0 aliphatic heterocycles. The molecule has 0 saturated carbocycles. The van der Waals surface area contributed by atoms with Gasteiger partial charge in [-0.3, -0.25) is 10.1 Å². The van der Waals surface area contributed by atoms with Gasteiger partial charge in [-0.15, -0.1) is 11.3 Å². The van der Waals surface area contributed by atoms with Gasteiger partial charge in [-0.05, 0) is 18.2 Å². The molecule has 2 aromatic rings. The molecular weight excluding hydrogens is 295 g/mol. The van der Waals surface area contributed by atoms with Gasteiger partial charge < -0.3 is 5.32 Å². The van der Waals surface area contributed by atoms with E-state index in [4.69, 9.17) is 23.2 Å². The molecule has 1 aromatic heterocycles. The van der Waals surface area contributed by atoms with E-state index < -0.39 is 4.92 Å². The summed E-state index contributed by atoms with van der Waals surface area (Å²) in [6, 6.07) is 6.35. The lowest BCUT2D eigenvalue weighted by molar-refractivity contribution is -0.383. The van der Waals surface area contributed by atoms with Crippen molar-refractivity contribution >= 4 is 45.9 Å². The molecule has 2 rings (SSSR count). The van der Waals surface area contributed by atoms with Crippen LogP contribution in [0, 0.1) is 10.1 Å². The Kier molecular flexibility index (Phi) is 4.06. The van der Waals surface area contributed by atoms with E-state index in [1.807, 2.05) is 11.4 Å². The van der Waals surface area contributed by atoms with E-state index in [1.165, 1.54) is 17.4 Å². The first-order valence-electron chi connectivity index (χ1n) is 4.97. The Morgan fingerprint density at radius 2 is 2.06 bits per heavy atom. The van der Waals surface area contributed by atoms with Crippen LogP contribution in [0.4, 0.5) is 11.4 Å². The number of benzene rings is 1. The molecule has 0 amide bonds. The number of nitro benzene ring substituents is 1. The fraction of sp³-hybridized carbons (Fsp3) is 0.0909. The van der Waals surface area contributed by atoms with Crippen molar-refractivity contribution in [1.29, 1.82) is 0 Å². The molecule has 0 aliphatic carbocycles. The van der Waals surface area contributed by atoms with Gasteiger partial charge in [-0.25, -0.2) is 0 Å². The largest absolute Gasteiger partial charge is 0.375 e. The summed E-state index contributed by atoms with van der Waals surface area (Å²) in [7, 11) is 0. The highest BCUT2D eigenvalue weighted by Crippen LogP contribution is 2.29. The number of hydrogen-bond acceptors (Lipinski definition) is 4. The van der Waals surface area contributed by atoms with Crippen LogP contribution in [0.1, 0.15) is 4.88 Å². The second kappa shape index (κ2) is 5.56. The molecule has 0 bridgehead atoms. The van der Waals surface area contributed by atoms with Crippen LogP contribution in [0.2, 0.25) is 10.0 Å². The van der Waals surface area contributed by atoms with Crippen LogP contribution in [0.5, 0.6) is 0 Å². The highest BCUT2D eigenvalue weighted by Gasteiger charge is 2.14. The summed E-state index contributed by atoms with van der Waals surface area (Å²) < 4.78 is 0. The van der Waals surface area contributed by atoms with Gasteiger partial charge in [-0.2, -0.15) is 0 Å². The third kappa shape index (κ3) is 3.13. The molecule has 0 radical (unpaired) electrons. The third-order valence-electron chi connectivity index (χ3n) is 2.23. The van der Waals surface area contributed by atoms with Crippen molar-refractivity contribution in [3.8, 4) is 0 Å². The summed E-state index contributed by atoms with van der Waals surface area (Å²) in [5.74, 6) is 0. The van der Waals surface area contributed by atoms with Crippen LogP contribution in [0.25, 0.3) is 0 Å². The zero-order chi connectivity index (χ0) is 13.1. The molecule has 0 aliphatic rings. The molecule has 94 valence electrons. The van der Waals surface area contributed by atoms with E-state index in [-0.39, 0.29) is 5.69 Å². The molecule has 0 fully saturated rings. The van der Waals surface area contributed by atoms with Crippen molar-refractivity contribution in [3.63, 3.8) is 0 Å². The monoisotopic (exact) mass is 302 g/mol. The average molecular weight is 303 g/mol. The van der Waals surface area contributed by atoms with Crippen molar-refractivity contribution in [2.75, 3.05) is 5.32 Å². The summed E-state index contributed by atoms with van der Waals surface area (Å²) in [4.78, 5) is 11.4. The molecule has 0 unspecified atom stereocenters. The summed E-state index contributed by atoms with van der Waals surface area (Å²) in [6.45, 7) is 0.486. The summed E-state index contributed by atoms with van der Waals surface area (Å²) in [6.07, 6.45) is 0. The summed E-state index contributed by atoms with van der Waals surface area (Å²) >= 11 is 13.0. The molecule has 0 atom stereocenters. The first kappa shape index (κ1) is 13.1. The predicted molar refractivity (Wildman–Crippen MR) is 74.8 cm³/mol. The van der Waals surface area contributed by atoms with E-state index in [1.54, 1.807) is 12.1 Å². The molecule has 1 heterocycles. The molecule has 1 aromatic carbocycles. The lowest BCUT2D eigenvalue weighted by atomic mass is 10.2. The van der Waals surface area contributed by atoms with Crippen LogP contribution in [-0.2, 0) is 6.54 Å². The molecule has 18 heavy (non-hydrogen) atoms. The number of nitrogens with zero attached hydrogens (tertiary/aromatic N) is 1. The summed E-state index contributed by atoms with van der Waals surface area (Å²) in [5.41, 5.74) is 0.402. The molecule has 0 saturated heterocycles. The minimum Gasteiger partial charge on any atom is -0.375 e. The first-order valence-corrected chi connectivity index (χ1v) is 6.60.